The van der Waals surface area contributed by atoms with E-state index in [-0.39, 0.29) is 40.5 Å². The van der Waals surface area contributed by atoms with E-state index in [9.17, 15) is 19.5 Å². The van der Waals surface area contributed by atoms with Crippen molar-refractivity contribution in [2.24, 2.45) is 7.05 Å². The first-order chi connectivity index (χ1) is 22.1. The molecule has 4 aromatic heterocycles. The minimum Gasteiger partial charge on any atom is -0.480 e. The maximum absolute atomic E-state index is 14.3. The van der Waals surface area contributed by atoms with Crippen LogP contribution in [0.15, 0.2) is 53.7 Å². The summed E-state index contributed by atoms with van der Waals surface area (Å²) in [5, 5.41) is 17.6. The highest BCUT2D eigenvalue weighted by molar-refractivity contribution is 6.31. The number of carbonyl (C=O) groups is 2. The molecular weight excluding hydrogens is 641 g/mol. The Labute approximate surface area is 270 Å². The molecule has 5 heterocycles. The van der Waals surface area contributed by atoms with E-state index < -0.39 is 23.5 Å². The van der Waals surface area contributed by atoms with Gasteiger partial charge in [0, 0.05) is 37.6 Å². The molecule has 0 unspecified atom stereocenters. The van der Waals surface area contributed by atoms with Crippen molar-refractivity contribution in [3.63, 3.8) is 0 Å². The number of nitrogens with zero attached hydrogens (tertiary/aromatic N) is 9. The zero-order valence-electron chi connectivity index (χ0n) is 24.6. The van der Waals surface area contributed by atoms with Crippen LogP contribution in [-0.2, 0) is 20.1 Å². The molecule has 0 spiro atoms. The number of anilines is 1. The highest BCUT2D eigenvalue weighted by Crippen LogP contribution is 2.44. The van der Waals surface area contributed by atoms with Crippen LogP contribution in [0.1, 0.15) is 44.7 Å². The first-order valence-electron chi connectivity index (χ1n) is 13.8. The van der Waals surface area contributed by atoms with Gasteiger partial charge in [0.25, 0.3) is 11.5 Å². The molecular formula is C29H25Cl2N9O6. The maximum atomic E-state index is 14.3. The number of carboxylic acid groups (broad SMARTS) is 1. The second-order valence-electron chi connectivity index (χ2n) is 10.2. The lowest BCUT2D eigenvalue weighted by Gasteiger charge is -2.27. The quantitative estimate of drug-likeness (QED) is 0.231. The van der Waals surface area contributed by atoms with E-state index in [0.717, 1.165) is 0 Å². The molecule has 1 aliphatic heterocycles. The Kier molecular flexibility index (Phi) is 8.19. The number of fused-ring (bicyclic) bond motifs is 1. The van der Waals surface area contributed by atoms with E-state index in [4.69, 9.17) is 37.7 Å². The summed E-state index contributed by atoms with van der Waals surface area (Å²) in [6.45, 7) is 0.564. The Morgan fingerprint density at radius 2 is 1.78 bits per heavy atom. The first-order valence-corrected chi connectivity index (χ1v) is 14.5. The number of hydrogen-bond acceptors (Lipinski definition) is 10. The number of aromatic carboxylic acids is 1. The van der Waals surface area contributed by atoms with Crippen molar-refractivity contribution in [1.82, 2.24) is 39.1 Å². The van der Waals surface area contributed by atoms with Crippen molar-refractivity contribution in [1.29, 1.82) is 0 Å². The number of pyridine rings is 1. The summed E-state index contributed by atoms with van der Waals surface area (Å²) >= 11 is 12.6. The van der Waals surface area contributed by atoms with Crippen LogP contribution in [0.4, 0.5) is 5.69 Å². The minimum absolute atomic E-state index is 0.0697. The molecule has 0 aliphatic carbocycles. The topological polar surface area (TPSA) is 172 Å². The Balaban J connectivity index is 1.54. The smallest absolute Gasteiger partial charge is 0.358 e. The van der Waals surface area contributed by atoms with Crippen molar-refractivity contribution in [2.45, 2.75) is 25.6 Å². The number of aromatic nitrogens is 8. The lowest BCUT2D eigenvalue weighted by atomic mass is 10.0. The summed E-state index contributed by atoms with van der Waals surface area (Å²) in [5.74, 6) is -1.22. The molecule has 0 saturated carbocycles. The molecule has 0 bridgehead atoms. The molecule has 1 N–H and O–H groups in total. The average molecular weight is 666 g/mol. The summed E-state index contributed by atoms with van der Waals surface area (Å²) in [6.07, 6.45) is 4.70. The van der Waals surface area contributed by atoms with Crippen LogP contribution in [0.25, 0.3) is 11.4 Å². The van der Waals surface area contributed by atoms with Gasteiger partial charge in [0.05, 0.1) is 36.7 Å². The number of ether oxygens (including phenoxy) is 2. The highest BCUT2D eigenvalue weighted by Gasteiger charge is 2.45. The molecule has 17 heteroatoms. The second kappa shape index (κ2) is 12.3. The Morgan fingerprint density at radius 1 is 1.02 bits per heavy atom. The van der Waals surface area contributed by atoms with Gasteiger partial charge in [-0.1, -0.05) is 40.5 Å². The van der Waals surface area contributed by atoms with Gasteiger partial charge >= 0.3 is 12.0 Å². The standard InChI is InChI=1S/C29H25Cl2N9O6/c1-37-13-17(31)11-20(26(37)41)40-22(15-5-7-16(30)8-6-15)23-21(27(40)42)33-24(18-12-32-29(46-3)34-25(18)45-2)39(23)10-4-9-38-14-19(28(43)44)35-36-38/h5-8,11-14,22H,4,9-10H2,1-3H3,(H,43,44)/t22-/m0/s1. The molecule has 1 aromatic carbocycles. The summed E-state index contributed by atoms with van der Waals surface area (Å²) in [6, 6.07) is 7.64. The zero-order valence-corrected chi connectivity index (χ0v) is 26.1. The van der Waals surface area contributed by atoms with E-state index >= 15 is 0 Å². The van der Waals surface area contributed by atoms with Gasteiger partial charge in [0.2, 0.25) is 5.88 Å². The van der Waals surface area contributed by atoms with Gasteiger partial charge in [0.15, 0.2) is 11.4 Å². The molecule has 1 amide bonds. The second-order valence-corrected chi connectivity index (χ2v) is 11.1. The lowest BCUT2D eigenvalue weighted by molar-refractivity contribution is 0.0690. The van der Waals surface area contributed by atoms with Crippen molar-refractivity contribution in [3.05, 3.63) is 92.0 Å². The van der Waals surface area contributed by atoms with Crippen LogP contribution in [0.5, 0.6) is 11.9 Å². The van der Waals surface area contributed by atoms with Crippen molar-refractivity contribution in [3.8, 4) is 23.3 Å². The van der Waals surface area contributed by atoms with E-state index in [1.165, 1.54) is 53.0 Å². The van der Waals surface area contributed by atoms with Crippen LogP contribution < -0.4 is 19.9 Å². The Hall–Kier alpha value is -5.28. The number of aryl methyl sites for hydroxylation is 2. The van der Waals surface area contributed by atoms with Crippen molar-refractivity contribution >= 4 is 40.8 Å². The number of benzene rings is 1. The zero-order chi connectivity index (χ0) is 32.7. The Bertz CT molecular complexity index is 2040. The van der Waals surface area contributed by atoms with E-state index in [0.29, 0.717) is 40.6 Å². The third kappa shape index (κ3) is 5.43. The predicted octanol–water partition coefficient (Wildman–Crippen LogP) is 3.49. The van der Waals surface area contributed by atoms with Gasteiger partial charge in [-0.3, -0.25) is 19.2 Å². The fourth-order valence-electron chi connectivity index (χ4n) is 5.37. The van der Waals surface area contributed by atoms with E-state index in [1.54, 1.807) is 31.3 Å². The van der Waals surface area contributed by atoms with E-state index in [1.807, 2.05) is 4.57 Å². The highest BCUT2D eigenvalue weighted by atomic mass is 35.5. The lowest BCUT2D eigenvalue weighted by Crippen LogP contribution is -2.35. The van der Waals surface area contributed by atoms with Gasteiger partial charge in [-0.2, -0.15) is 4.98 Å². The fourth-order valence-corrected chi connectivity index (χ4v) is 5.74. The van der Waals surface area contributed by atoms with Crippen molar-refractivity contribution < 1.29 is 24.2 Å². The molecule has 0 radical (unpaired) electrons. The summed E-state index contributed by atoms with van der Waals surface area (Å²) in [4.78, 5) is 53.7. The predicted molar refractivity (Wildman–Crippen MR) is 165 cm³/mol. The number of carboxylic acids is 1. The van der Waals surface area contributed by atoms with Gasteiger partial charge < -0.3 is 23.7 Å². The summed E-state index contributed by atoms with van der Waals surface area (Å²) in [5.41, 5.74) is 1.10. The largest absolute Gasteiger partial charge is 0.480 e. The van der Waals surface area contributed by atoms with Crippen molar-refractivity contribution in [2.75, 3.05) is 19.1 Å². The monoisotopic (exact) mass is 665 g/mol. The van der Waals surface area contributed by atoms with E-state index in [2.05, 4.69) is 20.3 Å². The maximum Gasteiger partial charge on any atom is 0.358 e. The number of rotatable bonds is 10. The number of methoxy groups -OCH3 is 2. The fraction of sp³-hybridized carbons (Fsp3) is 0.241. The summed E-state index contributed by atoms with van der Waals surface area (Å²) < 4.78 is 15.3. The molecule has 0 saturated heterocycles. The van der Waals surface area contributed by atoms with Gasteiger partial charge in [0.1, 0.15) is 17.6 Å². The van der Waals surface area contributed by atoms with Gasteiger partial charge in [-0.15, -0.1) is 5.10 Å². The molecule has 236 valence electrons. The van der Waals surface area contributed by atoms with Crippen LogP contribution in [0.2, 0.25) is 10.0 Å². The third-order valence-corrected chi connectivity index (χ3v) is 7.86. The van der Waals surface area contributed by atoms with Crippen LogP contribution in [0, 0.1) is 0 Å². The number of carbonyl (C=O) groups excluding carboxylic acids is 1. The van der Waals surface area contributed by atoms with Crippen LogP contribution >= 0.6 is 23.2 Å². The normalized spacial score (nSPS) is 14.1. The molecule has 46 heavy (non-hydrogen) atoms. The SMILES string of the molecule is COc1ncc(-c2nc3c(n2CCCn2cc(C(=O)O)nn2)[C@H](c2ccc(Cl)cc2)N(c2cc(Cl)cn(C)c2=O)C3=O)c(OC)n1. The molecule has 0 fully saturated rings. The molecule has 6 rings (SSSR count). The molecule has 15 nitrogen and oxygen atoms in total. The summed E-state index contributed by atoms with van der Waals surface area (Å²) in [7, 11) is 4.42. The molecule has 1 aliphatic rings. The number of halogens is 2. The van der Waals surface area contributed by atoms with Crippen LogP contribution in [0.3, 0.4) is 0 Å². The number of imidazole rings is 1. The number of hydrogen-bond donors (Lipinski definition) is 1. The minimum atomic E-state index is -1.19. The van der Waals surface area contributed by atoms with Gasteiger partial charge in [-0.05, 0) is 30.2 Å². The average Bonchev–Trinajstić information content (AvgIpc) is 3.74. The molecule has 1 atom stereocenters. The third-order valence-electron chi connectivity index (χ3n) is 7.40. The Morgan fingerprint density at radius 3 is 2.46 bits per heavy atom. The van der Waals surface area contributed by atoms with Gasteiger partial charge in [-0.25, -0.2) is 14.8 Å². The molecule has 5 aromatic rings. The number of amides is 1. The van der Waals surface area contributed by atoms with Crippen LogP contribution in [-0.4, -0.2) is 70.3 Å². The first kappa shape index (κ1) is 30.7.